The molecule has 150 valence electrons. The second kappa shape index (κ2) is 8.41. The van der Waals surface area contributed by atoms with Crippen molar-refractivity contribution in [1.29, 1.82) is 0 Å². The van der Waals surface area contributed by atoms with Crippen LogP contribution in [0, 0.1) is 5.82 Å². The molecular weight excluding hydrogens is 379 g/mol. The van der Waals surface area contributed by atoms with Crippen LogP contribution in [-0.4, -0.2) is 43.2 Å². The zero-order valence-corrected chi connectivity index (χ0v) is 17.0. The van der Waals surface area contributed by atoms with E-state index in [0.717, 1.165) is 19.3 Å². The maximum atomic E-state index is 13.9. The molecule has 0 radical (unpaired) electrons. The lowest BCUT2D eigenvalue weighted by Gasteiger charge is -2.32. The van der Waals surface area contributed by atoms with Gasteiger partial charge in [-0.1, -0.05) is 30.7 Å². The Morgan fingerprint density at radius 1 is 1.18 bits per heavy atom. The molecule has 1 aliphatic rings. The third-order valence-electron chi connectivity index (χ3n) is 5.14. The van der Waals surface area contributed by atoms with Gasteiger partial charge in [0.05, 0.1) is 4.90 Å². The SMILES string of the molecule is C[C@H]1CCCCN1S(=O)(=O)c1cccc(C(=O)N(C)Cc2ccccc2F)c1. The largest absolute Gasteiger partial charge is 0.337 e. The number of sulfonamides is 1. The van der Waals surface area contributed by atoms with Crippen molar-refractivity contribution >= 4 is 15.9 Å². The van der Waals surface area contributed by atoms with Gasteiger partial charge in [0, 0.05) is 37.3 Å². The van der Waals surface area contributed by atoms with Crippen molar-refractivity contribution in [2.75, 3.05) is 13.6 Å². The molecule has 0 aromatic heterocycles. The average molecular weight is 405 g/mol. The van der Waals surface area contributed by atoms with Gasteiger partial charge in [-0.25, -0.2) is 12.8 Å². The monoisotopic (exact) mass is 404 g/mol. The summed E-state index contributed by atoms with van der Waals surface area (Å²) in [7, 11) is -2.08. The molecule has 1 amide bonds. The van der Waals surface area contributed by atoms with Gasteiger partial charge < -0.3 is 4.90 Å². The molecule has 0 saturated carbocycles. The Morgan fingerprint density at radius 3 is 2.64 bits per heavy atom. The van der Waals surface area contributed by atoms with E-state index in [1.165, 1.54) is 27.4 Å². The molecule has 0 aliphatic carbocycles. The van der Waals surface area contributed by atoms with Gasteiger partial charge in [0.15, 0.2) is 0 Å². The predicted molar refractivity (Wildman–Crippen MR) is 106 cm³/mol. The number of nitrogens with zero attached hydrogens (tertiary/aromatic N) is 2. The van der Waals surface area contributed by atoms with Crippen LogP contribution in [0.4, 0.5) is 4.39 Å². The van der Waals surface area contributed by atoms with Crippen molar-refractivity contribution in [3.63, 3.8) is 0 Å². The molecule has 2 aromatic carbocycles. The van der Waals surface area contributed by atoms with Gasteiger partial charge in [-0.3, -0.25) is 4.79 Å². The number of hydrogen-bond acceptors (Lipinski definition) is 3. The Kier molecular flexibility index (Phi) is 6.15. The number of benzene rings is 2. The lowest BCUT2D eigenvalue weighted by molar-refractivity contribution is 0.0783. The first-order chi connectivity index (χ1) is 13.3. The lowest BCUT2D eigenvalue weighted by atomic mass is 10.1. The summed E-state index contributed by atoms with van der Waals surface area (Å²) in [6.07, 6.45) is 2.70. The fourth-order valence-corrected chi connectivity index (χ4v) is 5.27. The van der Waals surface area contributed by atoms with Gasteiger partial charge in [-0.2, -0.15) is 4.31 Å². The minimum Gasteiger partial charge on any atom is -0.337 e. The standard InChI is InChI=1S/C21H25FN2O3S/c1-16-8-5-6-13-24(16)28(26,27)19-11-7-10-17(14-19)21(25)23(2)15-18-9-3-4-12-20(18)22/h3-4,7,9-12,14,16H,5-6,8,13,15H2,1-2H3/t16-/m0/s1. The molecule has 0 spiro atoms. The number of carbonyl (C=O) groups is 1. The molecule has 1 heterocycles. The molecule has 0 N–H and O–H groups in total. The van der Waals surface area contributed by atoms with E-state index in [-0.39, 0.29) is 34.8 Å². The summed E-state index contributed by atoms with van der Waals surface area (Å²) in [6, 6.07) is 12.3. The molecule has 1 aliphatic heterocycles. The lowest BCUT2D eigenvalue weighted by Crippen LogP contribution is -2.42. The van der Waals surface area contributed by atoms with Crippen LogP contribution in [-0.2, 0) is 16.6 Å². The number of amides is 1. The molecule has 7 heteroatoms. The van der Waals surface area contributed by atoms with Crippen LogP contribution in [0.15, 0.2) is 53.4 Å². The Labute approximate surface area is 165 Å². The van der Waals surface area contributed by atoms with Crippen molar-refractivity contribution < 1.29 is 17.6 Å². The summed E-state index contributed by atoms with van der Waals surface area (Å²) in [4.78, 5) is 14.3. The van der Waals surface area contributed by atoms with E-state index in [1.54, 1.807) is 37.4 Å². The molecule has 2 aromatic rings. The summed E-state index contributed by atoms with van der Waals surface area (Å²) in [6.45, 7) is 2.51. The molecule has 5 nitrogen and oxygen atoms in total. The number of rotatable bonds is 5. The van der Waals surface area contributed by atoms with Gasteiger partial charge in [-0.15, -0.1) is 0 Å². The normalized spacial score (nSPS) is 18.0. The highest BCUT2D eigenvalue weighted by Crippen LogP contribution is 2.26. The van der Waals surface area contributed by atoms with Gasteiger partial charge in [0.1, 0.15) is 5.82 Å². The van der Waals surface area contributed by atoms with E-state index in [0.29, 0.717) is 12.1 Å². The van der Waals surface area contributed by atoms with Crippen LogP contribution < -0.4 is 0 Å². The van der Waals surface area contributed by atoms with E-state index < -0.39 is 10.0 Å². The Hall–Kier alpha value is -2.25. The maximum Gasteiger partial charge on any atom is 0.253 e. The third-order valence-corrected chi connectivity index (χ3v) is 7.15. The van der Waals surface area contributed by atoms with Crippen LogP contribution in [0.2, 0.25) is 0 Å². The van der Waals surface area contributed by atoms with E-state index >= 15 is 0 Å². The number of piperidine rings is 1. The van der Waals surface area contributed by atoms with Crippen molar-refractivity contribution in [3.8, 4) is 0 Å². The molecular formula is C21H25FN2O3S. The summed E-state index contributed by atoms with van der Waals surface area (Å²) < 4.78 is 41.4. The topological polar surface area (TPSA) is 57.7 Å². The van der Waals surface area contributed by atoms with Gasteiger partial charge >= 0.3 is 0 Å². The first-order valence-electron chi connectivity index (χ1n) is 9.41. The Balaban J connectivity index is 1.82. The minimum atomic E-state index is -3.66. The molecule has 1 saturated heterocycles. The second-order valence-electron chi connectivity index (χ2n) is 7.24. The fraction of sp³-hybridized carbons (Fsp3) is 0.381. The first kappa shape index (κ1) is 20.5. The second-order valence-corrected chi connectivity index (χ2v) is 9.13. The van der Waals surface area contributed by atoms with Crippen LogP contribution in [0.3, 0.4) is 0 Å². The van der Waals surface area contributed by atoms with Crippen molar-refractivity contribution in [2.45, 2.75) is 43.7 Å². The third kappa shape index (κ3) is 4.25. The smallest absolute Gasteiger partial charge is 0.253 e. The molecule has 3 rings (SSSR count). The fourth-order valence-electron chi connectivity index (χ4n) is 3.53. The molecule has 0 unspecified atom stereocenters. The zero-order chi connectivity index (χ0) is 20.3. The average Bonchev–Trinajstić information content (AvgIpc) is 2.69. The van der Waals surface area contributed by atoms with Crippen LogP contribution in [0.25, 0.3) is 0 Å². The van der Waals surface area contributed by atoms with E-state index in [1.807, 2.05) is 6.92 Å². The van der Waals surface area contributed by atoms with Crippen LogP contribution >= 0.6 is 0 Å². The number of carbonyl (C=O) groups excluding carboxylic acids is 1. The van der Waals surface area contributed by atoms with Crippen LogP contribution in [0.1, 0.15) is 42.1 Å². The van der Waals surface area contributed by atoms with Crippen molar-refractivity contribution in [1.82, 2.24) is 9.21 Å². The molecule has 1 fully saturated rings. The highest BCUT2D eigenvalue weighted by molar-refractivity contribution is 7.89. The van der Waals surface area contributed by atoms with E-state index in [4.69, 9.17) is 0 Å². The number of halogens is 1. The first-order valence-corrected chi connectivity index (χ1v) is 10.9. The van der Waals surface area contributed by atoms with E-state index in [9.17, 15) is 17.6 Å². The summed E-state index contributed by atoms with van der Waals surface area (Å²) in [5.41, 5.74) is 0.675. The predicted octanol–water partition coefficient (Wildman–Crippen LogP) is 3.66. The molecule has 1 atom stereocenters. The van der Waals surface area contributed by atoms with Gasteiger partial charge in [0.25, 0.3) is 5.91 Å². The van der Waals surface area contributed by atoms with Gasteiger partial charge in [-0.05, 0) is 44.0 Å². The number of hydrogen-bond donors (Lipinski definition) is 0. The van der Waals surface area contributed by atoms with Gasteiger partial charge in [0.2, 0.25) is 10.0 Å². The highest BCUT2D eigenvalue weighted by Gasteiger charge is 2.31. The van der Waals surface area contributed by atoms with Crippen molar-refractivity contribution in [3.05, 3.63) is 65.5 Å². The summed E-state index contributed by atoms with van der Waals surface area (Å²) in [5.74, 6) is -0.732. The Bertz CT molecular complexity index is 962. The zero-order valence-electron chi connectivity index (χ0n) is 16.1. The molecule has 28 heavy (non-hydrogen) atoms. The summed E-state index contributed by atoms with van der Waals surface area (Å²) >= 11 is 0. The Morgan fingerprint density at radius 2 is 1.93 bits per heavy atom. The maximum absolute atomic E-state index is 13.9. The van der Waals surface area contributed by atoms with Crippen molar-refractivity contribution in [2.24, 2.45) is 0 Å². The summed E-state index contributed by atoms with van der Waals surface area (Å²) in [5, 5.41) is 0. The molecule has 0 bridgehead atoms. The van der Waals surface area contributed by atoms with Crippen LogP contribution in [0.5, 0.6) is 0 Å². The van der Waals surface area contributed by atoms with E-state index in [2.05, 4.69) is 0 Å². The highest BCUT2D eigenvalue weighted by atomic mass is 32.2. The minimum absolute atomic E-state index is 0.0539. The quantitative estimate of drug-likeness (QED) is 0.764.